The number of hydrogen-bond donors (Lipinski definition) is 1. The smallest absolute Gasteiger partial charge is 0.378 e. The van der Waals surface area contributed by atoms with Gasteiger partial charge in [-0.1, -0.05) is 6.92 Å². The minimum absolute atomic E-state index is 0.294. The number of ketones is 1. The monoisotopic (exact) mass is 264 g/mol. The molecule has 0 radical (unpaired) electrons. The molecule has 0 atom stereocenters. The first-order valence-corrected chi connectivity index (χ1v) is 5.84. The number of carbonyl (C=O) groups is 2. The van der Waals surface area contributed by atoms with Crippen LogP contribution in [0.15, 0.2) is 30.3 Å². The standard InChI is InChI=1S/C14H16O5/c1-3-8-19-11-6-4-10(5-7-11)12(15)9-13(16)14(17)18-2/h4-7,9,15H,3,8H2,1-2H3. The molecule has 0 aliphatic rings. The Kier molecular flexibility index (Phi) is 5.60. The zero-order valence-corrected chi connectivity index (χ0v) is 10.9. The van der Waals surface area contributed by atoms with Crippen LogP contribution in [0.1, 0.15) is 18.9 Å². The Labute approximate surface area is 111 Å². The lowest BCUT2D eigenvalue weighted by molar-refractivity contribution is -0.149. The molecule has 0 aliphatic heterocycles. The second-order valence-electron chi connectivity index (χ2n) is 3.76. The highest BCUT2D eigenvalue weighted by Gasteiger charge is 2.12. The van der Waals surface area contributed by atoms with Gasteiger partial charge in [0.2, 0.25) is 0 Å². The molecule has 0 aromatic heterocycles. The van der Waals surface area contributed by atoms with Gasteiger partial charge in [-0.05, 0) is 30.7 Å². The number of aliphatic hydroxyl groups is 1. The number of rotatable bonds is 6. The Morgan fingerprint density at radius 2 is 1.89 bits per heavy atom. The molecule has 19 heavy (non-hydrogen) atoms. The van der Waals surface area contributed by atoms with Crippen molar-refractivity contribution in [2.24, 2.45) is 0 Å². The molecule has 102 valence electrons. The molecule has 5 heteroatoms. The average Bonchev–Trinajstić information content (AvgIpc) is 2.44. The number of carbonyl (C=O) groups excluding carboxylic acids is 2. The zero-order chi connectivity index (χ0) is 14.3. The quantitative estimate of drug-likeness (QED) is 0.369. The summed E-state index contributed by atoms with van der Waals surface area (Å²) in [6, 6.07) is 6.55. The predicted molar refractivity (Wildman–Crippen MR) is 69.9 cm³/mol. The molecule has 1 N–H and O–H groups in total. The van der Waals surface area contributed by atoms with Crippen LogP contribution in [0.4, 0.5) is 0 Å². The lowest BCUT2D eigenvalue weighted by atomic mass is 10.1. The van der Waals surface area contributed by atoms with Crippen LogP contribution in [0.2, 0.25) is 0 Å². The fourth-order valence-electron chi connectivity index (χ4n) is 1.31. The molecule has 1 aromatic rings. The lowest BCUT2D eigenvalue weighted by Gasteiger charge is -2.05. The summed E-state index contributed by atoms with van der Waals surface area (Å²) in [5.41, 5.74) is 0.418. The second-order valence-corrected chi connectivity index (χ2v) is 3.76. The van der Waals surface area contributed by atoms with E-state index >= 15 is 0 Å². The largest absolute Gasteiger partial charge is 0.507 e. The molecule has 0 amide bonds. The van der Waals surface area contributed by atoms with Crippen LogP contribution in [0.3, 0.4) is 0 Å². The van der Waals surface area contributed by atoms with E-state index in [4.69, 9.17) is 4.74 Å². The first-order valence-electron chi connectivity index (χ1n) is 5.84. The molecule has 5 nitrogen and oxygen atoms in total. The van der Waals surface area contributed by atoms with E-state index in [1.54, 1.807) is 24.3 Å². The molecular formula is C14H16O5. The summed E-state index contributed by atoms with van der Waals surface area (Å²) in [5.74, 6) is -1.55. The molecular weight excluding hydrogens is 248 g/mol. The molecule has 0 bridgehead atoms. The van der Waals surface area contributed by atoms with Crippen LogP contribution < -0.4 is 4.74 Å². The summed E-state index contributed by atoms with van der Waals surface area (Å²) < 4.78 is 9.63. The van der Waals surface area contributed by atoms with Crippen LogP contribution in [0.5, 0.6) is 5.75 Å². The van der Waals surface area contributed by atoms with Crippen molar-refractivity contribution >= 4 is 17.5 Å². The third-order valence-electron chi connectivity index (χ3n) is 2.28. The minimum Gasteiger partial charge on any atom is -0.507 e. The van der Waals surface area contributed by atoms with Crippen LogP contribution >= 0.6 is 0 Å². The second kappa shape index (κ2) is 7.20. The van der Waals surface area contributed by atoms with Crippen LogP contribution in [0, 0.1) is 0 Å². The fraction of sp³-hybridized carbons (Fsp3) is 0.286. The maximum atomic E-state index is 11.2. The van der Waals surface area contributed by atoms with E-state index in [0.717, 1.165) is 19.6 Å². The van der Waals surface area contributed by atoms with Gasteiger partial charge in [0.1, 0.15) is 11.5 Å². The number of ether oxygens (including phenoxy) is 2. The van der Waals surface area contributed by atoms with Crippen LogP contribution in [-0.2, 0) is 14.3 Å². The van der Waals surface area contributed by atoms with E-state index in [9.17, 15) is 14.7 Å². The maximum absolute atomic E-state index is 11.2. The molecule has 0 saturated heterocycles. The van der Waals surface area contributed by atoms with Crippen molar-refractivity contribution in [2.75, 3.05) is 13.7 Å². The van der Waals surface area contributed by atoms with Crippen molar-refractivity contribution in [1.29, 1.82) is 0 Å². The molecule has 0 aliphatic carbocycles. The average molecular weight is 264 g/mol. The van der Waals surface area contributed by atoms with Crippen molar-refractivity contribution in [2.45, 2.75) is 13.3 Å². The molecule has 1 aromatic carbocycles. The van der Waals surface area contributed by atoms with E-state index in [0.29, 0.717) is 17.9 Å². The third kappa shape index (κ3) is 4.46. The van der Waals surface area contributed by atoms with Gasteiger partial charge in [-0.3, -0.25) is 4.79 Å². The van der Waals surface area contributed by atoms with Crippen molar-refractivity contribution < 1.29 is 24.2 Å². The van der Waals surface area contributed by atoms with Gasteiger partial charge in [0.15, 0.2) is 0 Å². The normalized spacial score (nSPS) is 10.9. The molecule has 0 heterocycles. The summed E-state index contributed by atoms with van der Waals surface area (Å²) >= 11 is 0. The van der Waals surface area contributed by atoms with Gasteiger partial charge in [0, 0.05) is 11.6 Å². The van der Waals surface area contributed by atoms with Gasteiger partial charge in [-0.25, -0.2) is 4.79 Å². The van der Waals surface area contributed by atoms with Crippen molar-refractivity contribution in [1.82, 2.24) is 0 Å². The molecule has 1 rings (SSSR count). The van der Waals surface area contributed by atoms with Gasteiger partial charge in [0.25, 0.3) is 5.78 Å². The summed E-state index contributed by atoms with van der Waals surface area (Å²) in [5, 5.41) is 9.69. The van der Waals surface area contributed by atoms with E-state index < -0.39 is 11.8 Å². The minimum atomic E-state index is -1.02. The summed E-state index contributed by atoms with van der Waals surface area (Å²) in [6.07, 6.45) is 1.73. The third-order valence-corrected chi connectivity index (χ3v) is 2.28. The lowest BCUT2D eigenvalue weighted by Crippen LogP contribution is -2.13. The van der Waals surface area contributed by atoms with Crippen molar-refractivity contribution in [3.8, 4) is 5.75 Å². The zero-order valence-electron chi connectivity index (χ0n) is 10.9. The summed E-state index contributed by atoms with van der Waals surface area (Å²) in [4.78, 5) is 22.1. The fourth-order valence-corrected chi connectivity index (χ4v) is 1.31. The highest BCUT2D eigenvalue weighted by molar-refractivity contribution is 6.39. The molecule has 0 fully saturated rings. The number of methoxy groups -OCH3 is 1. The number of benzene rings is 1. The van der Waals surface area contributed by atoms with Gasteiger partial charge in [-0.15, -0.1) is 0 Å². The van der Waals surface area contributed by atoms with E-state index in [1.165, 1.54) is 0 Å². The van der Waals surface area contributed by atoms with Crippen molar-refractivity contribution in [3.63, 3.8) is 0 Å². The summed E-state index contributed by atoms with van der Waals surface area (Å²) in [7, 11) is 1.10. The van der Waals surface area contributed by atoms with Crippen molar-refractivity contribution in [3.05, 3.63) is 35.9 Å². The van der Waals surface area contributed by atoms with E-state index in [-0.39, 0.29) is 5.76 Å². The topological polar surface area (TPSA) is 72.8 Å². The number of aliphatic hydroxyl groups excluding tert-OH is 1. The Morgan fingerprint density at radius 3 is 2.42 bits per heavy atom. The van der Waals surface area contributed by atoms with Gasteiger partial charge in [0.05, 0.1) is 13.7 Å². The van der Waals surface area contributed by atoms with Gasteiger partial charge in [-0.2, -0.15) is 0 Å². The Hall–Kier alpha value is -2.30. The van der Waals surface area contributed by atoms with Crippen LogP contribution in [-0.4, -0.2) is 30.6 Å². The van der Waals surface area contributed by atoms with E-state index in [2.05, 4.69) is 4.74 Å². The molecule has 0 spiro atoms. The number of hydrogen-bond acceptors (Lipinski definition) is 5. The SMILES string of the molecule is CCCOc1ccc(C(O)=CC(=O)C(=O)OC)cc1. The highest BCUT2D eigenvalue weighted by atomic mass is 16.5. The highest BCUT2D eigenvalue weighted by Crippen LogP contribution is 2.17. The summed E-state index contributed by atoms with van der Waals surface area (Å²) in [6.45, 7) is 2.61. The first-order chi connectivity index (χ1) is 9.08. The first kappa shape index (κ1) is 14.8. The van der Waals surface area contributed by atoms with Gasteiger partial charge >= 0.3 is 5.97 Å². The van der Waals surface area contributed by atoms with E-state index in [1.807, 2.05) is 6.92 Å². The van der Waals surface area contributed by atoms with Gasteiger partial charge < -0.3 is 14.6 Å². The predicted octanol–water partition coefficient (Wildman–Crippen LogP) is 2.12. The molecule has 0 unspecified atom stereocenters. The molecule has 0 saturated carbocycles. The number of esters is 1. The van der Waals surface area contributed by atoms with Crippen LogP contribution in [0.25, 0.3) is 5.76 Å². The maximum Gasteiger partial charge on any atom is 0.378 e. The Morgan fingerprint density at radius 1 is 1.26 bits per heavy atom. The Bertz CT molecular complexity index is 473. The Balaban J connectivity index is 2.77.